The number of hydrogen-bond donors (Lipinski definition) is 4. The first-order valence-corrected chi connectivity index (χ1v) is 14.0. The number of carbonyl (C=O) groups is 3. The summed E-state index contributed by atoms with van der Waals surface area (Å²) < 4.78 is 35.0. The second kappa shape index (κ2) is 12.3. The van der Waals surface area contributed by atoms with Crippen LogP contribution in [0.3, 0.4) is 0 Å². The number of aliphatic hydroxyl groups is 1. The lowest BCUT2D eigenvalue weighted by molar-refractivity contribution is -0.128. The van der Waals surface area contributed by atoms with Gasteiger partial charge in [-0.1, -0.05) is 11.6 Å². The highest BCUT2D eigenvalue weighted by Gasteiger charge is 2.36. The van der Waals surface area contributed by atoms with E-state index in [0.29, 0.717) is 44.7 Å². The van der Waals surface area contributed by atoms with Crippen molar-refractivity contribution in [1.82, 2.24) is 25.1 Å². The van der Waals surface area contributed by atoms with Crippen LogP contribution >= 0.6 is 11.6 Å². The molecule has 5 rings (SSSR count). The van der Waals surface area contributed by atoms with E-state index in [0.717, 1.165) is 0 Å². The van der Waals surface area contributed by atoms with Gasteiger partial charge in [0.25, 0.3) is 11.8 Å². The summed E-state index contributed by atoms with van der Waals surface area (Å²) in [6, 6.07) is 7.09. The van der Waals surface area contributed by atoms with E-state index < -0.39 is 23.1 Å². The van der Waals surface area contributed by atoms with Crippen LogP contribution in [0.4, 0.5) is 14.5 Å². The molecule has 3 heterocycles. The van der Waals surface area contributed by atoms with Crippen molar-refractivity contribution < 1.29 is 33.0 Å². The Labute approximate surface area is 251 Å². The van der Waals surface area contributed by atoms with E-state index in [2.05, 4.69) is 20.9 Å². The van der Waals surface area contributed by atoms with Crippen molar-refractivity contribution in [2.24, 2.45) is 13.0 Å². The molecule has 2 saturated heterocycles. The molecule has 0 unspecified atom stereocenters. The Balaban J connectivity index is 1.19. The largest absolute Gasteiger partial charge is 0.494 e. The number of benzene rings is 2. The molecule has 43 heavy (non-hydrogen) atoms. The van der Waals surface area contributed by atoms with Crippen molar-refractivity contribution >= 4 is 35.0 Å². The number of methoxy groups -OCH3 is 1. The Hall–Kier alpha value is -4.07. The van der Waals surface area contributed by atoms with Gasteiger partial charge in [0.2, 0.25) is 11.7 Å². The lowest BCUT2D eigenvalue weighted by Gasteiger charge is -2.38. The molecule has 228 valence electrons. The van der Waals surface area contributed by atoms with Crippen LogP contribution < -0.4 is 20.7 Å². The first-order chi connectivity index (χ1) is 20.5. The molecule has 2 aliphatic rings. The highest BCUT2D eigenvalue weighted by Crippen LogP contribution is 2.30. The number of amides is 3. The quantitative estimate of drug-likeness (QED) is 0.305. The fraction of sp³-hybridized carbons (Fsp3) is 0.379. The van der Waals surface area contributed by atoms with Crippen LogP contribution in [0.1, 0.15) is 33.8 Å². The third kappa shape index (κ3) is 6.19. The summed E-state index contributed by atoms with van der Waals surface area (Å²) in [5.41, 5.74) is -0.257. The lowest BCUT2D eigenvalue weighted by atomic mass is 9.93. The van der Waals surface area contributed by atoms with Crippen LogP contribution in [-0.2, 0) is 11.8 Å². The van der Waals surface area contributed by atoms with Gasteiger partial charge in [-0.2, -0.15) is 4.39 Å². The van der Waals surface area contributed by atoms with Gasteiger partial charge < -0.3 is 35.3 Å². The molecule has 0 bridgehead atoms. The number of imidazole rings is 1. The number of rotatable bonds is 8. The predicted octanol–water partition coefficient (Wildman–Crippen LogP) is 2.58. The molecule has 14 heteroatoms. The lowest BCUT2D eigenvalue weighted by Crippen LogP contribution is -2.64. The van der Waals surface area contributed by atoms with Crippen LogP contribution in [0.5, 0.6) is 5.75 Å². The summed E-state index contributed by atoms with van der Waals surface area (Å²) in [4.78, 5) is 44.3. The summed E-state index contributed by atoms with van der Waals surface area (Å²) in [6.45, 7) is 1.83. The smallest absolute Gasteiger partial charge is 0.291 e. The average molecular weight is 617 g/mol. The van der Waals surface area contributed by atoms with E-state index >= 15 is 0 Å². The molecule has 2 aromatic carbocycles. The molecule has 1 aromatic heterocycles. The number of carbonyl (C=O) groups excluding carboxylic acids is 3. The number of piperidine rings is 1. The van der Waals surface area contributed by atoms with Crippen molar-refractivity contribution in [3.63, 3.8) is 0 Å². The third-order valence-corrected chi connectivity index (χ3v) is 8.16. The Morgan fingerprint density at radius 1 is 1.16 bits per heavy atom. The molecule has 0 spiro atoms. The first-order valence-electron chi connectivity index (χ1n) is 13.7. The standard InChI is InChI=1S/C29H31ClF2N6O5/c1-37-21(19-5-6-22(43-2)24(32)23(19)31)12-34-25(37)27(40)36-17-3-4-18(20(30)11-17)28(41)38-9-7-16(8-10-38)26(39)35-15-29(42)13-33-14-29/h3-6,11-12,16,33,42H,7-10,13-15H2,1-2H3,(H,35,39)(H,36,40). The van der Waals surface area contributed by atoms with Crippen LogP contribution in [0, 0.1) is 17.6 Å². The SMILES string of the molecule is COc1ccc(-c2cnc(C(=O)Nc3ccc(C(=O)N4CCC(C(=O)NCC5(O)CNC5)CC4)c(Cl)c3)n2C)c(F)c1F. The first kappa shape index (κ1) is 30.4. The van der Waals surface area contributed by atoms with E-state index in [1.165, 1.54) is 55.3 Å². The Kier molecular flexibility index (Phi) is 8.67. The molecule has 11 nitrogen and oxygen atoms in total. The zero-order valence-electron chi connectivity index (χ0n) is 23.5. The van der Waals surface area contributed by atoms with Gasteiger partial charge in [-0.15, -0.1) is 0 Å². The molecule has 4 N–H and O–H groups in total. The van der Waals surface area contributed by atoms with Gasteiger partial charge in [0.05, 0.1) is 29.6 Å². The second-order valence-corrected chi connectivity index (χ2v) is 11.1. The summed E-state index contributed by atoms with van der Waals surface area (Å²) in [5.74, 6) is -3.89. The van der Waals surface area contributed by atoms with Crippen molar-refractivity contribution in [1.29, 1.82) is 0 Å². The second-order valence-electron chi connectivity index (χ2n) is 10.7. The number of halogens is 3. The fourth-order valence-corrected chi connectivity index (χ4v) is 5.42. The molecular weight excluding hydrogens is 586 g/mol. The molecular formula is C29H31ClF2N6O5. The van der Waals surface area contributed by atoms with Crippen LogP contribution in [-0.4, -0.2) is 82.7 Å². The highest BCUT2D eigenvalue weighted by atomic mass is 35.5. The van der Waals surface area contributed by atoms with Gasteiger partial charge in [-0.3, -0.25) is 14.4 Å². The maximum atomic E-state index is 14.6. The number of likely N-dealkylation sites (tertiary alicyclic amines) is 1. The monoisotopic (exact) mass is 616 g/mol. The maximum Gasteiger partial charge on any atom is 0.291 e. The van der Waals surface area contributed by atoms with Gasteiger partial charge in [0.15, 0.2) is 17.4 Å². The Bertz CT molecular complexity index is 1570. The molecule has 3 amide bonds. The van der Waals surface area contributed by atoms with E-state index in [9.17, 15) is 28.3 Å². The normalized spacial score (nSPS) is 16.4. The summed E-state index contributed by atoms with van der Waals surface area (Å²) in [5, 5.41) is 18.7. The van der Waals surface area contributed by atoms with E-state index in [1.807, 2.05) is 0 Å². The predicted molar refractivity (Wildman–Crippen MR) is 154 cm³/mol. The van der Waals surface area contributed by atoms with E-state index in [4.69, 9.17) is 16.3 Å². The van der Waals surface area contributed by atoms with Crippen molar-refractivity contribution in [3.8, 4) is 17.0 Å². The molecule has 0 aliphatic carbocycles. The third-order valence-electron chi connectivity index (χ3n) is 7.84. The minimum Gasteiger partial charge on any atom is -0.494 e. The number of ether oxygens (including phenoxy) is 1. The van der Waals surface area contributed by atoms with Crippen molar-refractivity contribution in [2.45, 2.75) is 18.4 Å². The molecule has 2 aliphatic heterocycles. The summed E-state index contributed by atoms with van der Waals surface area (Å²) in [6.07, 6.45) is 2.23. The van der Waals surface area contributed by atoms with Gasteiger partial charge in [-0.25, -0.2) is 9.37 Å². The molecule has 0 saturated carbocycles. The van der Waals surface area contributed by atoms with Gasteiger partial charge in [0, 0.05) is 56.9 Å². The minimum absolute atomic E-state index is 0.0627. The average Bonchev–Trinajstić information content (AvgIpc) is 3.37. The van der Waals surface area contributed by atoms with Crippen LogP contribution in [0.15, 0.2) is 36.5 Å². The van der Waals surface area contributed by atoms with E-state index in [-0.39, 0.29) is 57.7 Å². The summed E-state index contributed by atoms with van der Waals surface area (Å²) in [7, 11) is 2.72. The van der Waals surface area contributed by atoms with Crippen molar-refractivity contribution in [2.75, 3.05) is 45.2 Å². The van der Waals surface area contributed by atoms with Gasteiger partial charge in [-0.05, 0) is 43.2 Å². The molecule has 0 atom stereocenters. The van der Waals surface area contributed by atoms with Gasteiger partial charge in [0.1, 0.15) is 5.60 Å². The fourth-order valence-electron chi connectivity index (χ4n) is 5.16. The number of nitrogens with one attached hydrogen (secondary N) is 3. The molecule has 0 radical (unpaired) electrons. The van der Waals surface area contributed by atoms with Crippen LogP contribution in [0.2, 0.25) is 5.02 Å². The minimum atomic E-state index is -1.15. The number of β-amino-alcohol motifs (C(OH)–C–C–N with tert-alkyl or cyclic N) is 1. The number of nitrogens with zero attached hydrogens (tertiary/aromatic N) is 3. The Morgan fingerprint density at radius 2 is 1.88 bits per heavy atom. The highest BCUT2D eigenvalue weighted by molar-refractivity contribution is 6.34. The molecule has 3 aromatic rings. The number of aromatic nitrogens is 2. The van der Waals surface area contributed by atoms with Gasteiger partial charge >= 0.3 is 0 Å². The van der Waals surface area contributed by atoms with Crippen molar-refractivity contribution in [3.05, 3.63) is 64.6 Å². The number of anilines is 1. The van der Waals surface area contributed by atoms with Crippen LogP contribution in [0.25, 0.3) is 11.3 Å². The zero-order chi connectivity index (χ0) is 30.9. The van der Waals surface area contributed by atoms with E-state index in [1.54, 1.807) is 4.90 Å². The summed E-state index contributed by atoms with van der Waals surface area (Å²) >= 11 is 6.43. The topological polar surface area (TPSA) is 138 Å². The molecule has 2 fully saturated rings. The Morgan fingerprint density at radius 3 is 2.51 bits per heavy atom. The zero-order valence-corrected chi connectivity index (χ0v) is 24.3. The maximum absolute atomic E-state index is 14.6. The number of hydrogen-bond acceptors (Lipinski definition) is 7.